The molecule has 0 spiro atoms. The van der Waals surface area contributed by atoms with Crippen LogP contribution < -0.4 is 5.32 Å². The molecule has 5 heteroatoms. The topological polar surface area (TPSA) is 12.0 Å². The van der Waals surface area contributed by atoms with Gasteiger partial charge in [0.25, 0.3) is 0 Å². The fourth-order valence-electron chi connectivity index (χ4n) is 1.71. The van der Waals surface area contributed by atoms with E-state index in [0.29, 0.717) is 11.6 Å². The molecule has 0 saturated carbocycles. The summed E-state index contributed by atoms with van der Waals surface area (Å²) in [5.74, 6) is -3.89. The van der Waals surface area contributed by atoms with Crippen LogP contribution in [-0.4, -0.2) is 0 Å². The van der Waals surface area contributed by atoms with E-state index in [0.717, 1.165) is 23.3 Å². The summed E-state index contributed by atoms with van der Waals surface area (Å²) in [6.45, 7) is 2.25. The number of nitrogens with one attached hydrogen (secondary N) is 1. The normalized spacial score (nSPS) is 10.6. The molecule has 0 heterocycles. The molecule has 0 saturated heterocycles. The minimum absolute atomic E-state index is 0.186. The molecule has 19 heavy (non-hydrogen) atoms. The van der Waals surface area contributed by atoms with Crippen molar-refractivity contribution in [1.29, 1.82) is 0 Å². The third-order valence-corrected chi connectivity index (χ3v) is 3.01. The molecule has 0 fully saturated rings. The van der Waals surface area contributed by atoms with E-state index in [1.807, 2.05) is 13.0 Å². The summed E-state index contributed by atoms with van der Waals surface area (Å²) in [4.78, 5) is 0. The van der Waals surface area contributed by atoms with Gasteiger partial charge in [-0.3, -0.25) is 0 Å². The van der Waals surface area contributed by atoms with Crippen molar-refractivity contribution in [2.24, 2.45) is 0 Å². The minimum Gasteiger partial charge on any atom is -0.381 e. The first-order chi connectivity index (χ1) is 8.97. The predicted octanol–water partition coefficient (Wildman–Crippen LogP) is 4.68. The summed E-state index contributed by atoms with van der Waals surface area (Å²) in [5.41, 5.74) is 2.09. The zero-order valence-corrected chi connectivity index (χ0v) is 10.9. The average Bonchev–Trinajstić information content (AvgIpc) is 2.34. The lowest BCUT2D eigenvalue weighted by atomic mass is 10.1. The van der Waals surface area contributed by atoms with Crippen molar-refractivity contribution in [3.05, 3.63) is 63.9 Å². The van der Waals surface area contributed by atoms with Crippen molar-refractivity contribution < 1.29 is 13.2 Å². The molecule has 2 aromatic rings. The van der Waals surface area contributed by atoms with Gasteiger partial charge in [-0.2, -0.15) is 0 Å². The Kier molecular flexibility index (Phi) is 4.00. The van der Waals surface area contributed by atoms with Crippen LogP contribution in [0.4, 0.5) is 18.9 Å². The molecule has 0 atom stereocenters. The smallest absolute Gasteiger partial charge is 0.194 e. The van der Waals surface area contributed by atoms with Crippen molar-refractivity contribution in [1.82, 2.24) is 0 Å². The molecule has 0 bridgehead atoms. The first-order valence-electron chi connectivity index (χ1n) is 5.61. The Labute approximate surface area is 114 Å². The Morgan fingerprint density at radius 3 is 2.26 bits per heavy atom. The highest BCUT2D eigenvalue weighted by Crippen LogP contribution is 2.20. The highest BCUT2D eigenvalue weighted by molar-refractivity contribution is 6.30. The quantitative estimate of drug-likeness (QED) is 0.808. The van der Waals surface area contributed by atoms with Crippen LogP contribution in [0.25, 0.3) is 0 Å². The number of benzene rings is 2. The maximum absolute atomic E-state index is 13.0. The molecule has 0 aromatic heterocycles. The van der Waals surface area contributed by atoms with E-state index in [1.165, 1.54) is 0 Å². The first-order valence-corrected chi connectivity index (χ1v) is 5.98. The van der Waals surface area contributed by atoms with E-state index in [2.05, 4.69) is 5.32 Å². The fraction of sp³-hybridized carbons (Fsp3) is 0.143. The molecular weight excluding hydrogens is 275 g/mol. The summed E-state index contributed by atoms with van der Waals surface area (Å²) in [6.07, 6.45) is 0. The zero-order valence-electron chi connectivity index (χ0n) is 10.1. The summed E-state index contributed by atoms with van der Waals surface area (Å²) in [5, 5.41) is 3.47. The van der Waals surface area contributed by atoms with Gasteiger partial charge in [0.15, 0.2) is 17.5 Å². The first kappa shape index (κ1) is 13.7. The van der Waals surface area contributed by atoms with Gasteiger partial charge in [0.1, 0.15) is 0 Å². The summed E-state index contributed by atoms with van der Waals surface area (Å²) in [7, 11) is 0. The van der Waals surface area contributed by atoms with Crippen molar-refractivity contribution >= 4 is 17.3 Å². The Bertz CT molecular complexity index is 591. The van der Waals surface area contributed by atoms with Crippen molar-refractivity contribution in [3.8, 4) is 0 Å². The summed E-state index contributed by atoms with van der Waals surface area (Å²) < 4.78 is 38.8. The van der Waals surface area contributed by atoms with Crippen LogP contribution in [0.5, 0.6) is 0 Å². The third kappa shape index (κ3) is 3.20. The second kappa shape index (κ2) is 5.53. The van der Waals surface area contributed by atoms with Gasteiger partial charge in [-0.25, -0.2) is 13.2 Å². The Balaban J connectivity index is 2.14. The van der Waals surface area contributed by atoms with Gasteiger partial charge < -0.3 is 5.32 Å². The molecule has 0 aliphatic heterocycles. The van der Waals surface area contributed by atoms with Crippen LogP contribution in [0.3, 0.4) is 0 Å². The predicted molar refractivity (Wildman–Crippen MR) is 69.8 cm³/mol. The van der Waals surface area contributed by atoms with Crippen molar-refractivity contribution in [2.45, 2.75) is 13.5 Å². The number of anilines is 1. The maximum Gasteiger partial charge on any atom is 0.194 e. The number of hydrogen-bond donors (Lipinski definition) is 1. The second-order valence-corrected chi connectivity index (χ2v) is 4.61. The SMILES string of the molecule is Cc1cc(Cl)ccc1CNc1cc(F)c(F)c(F)c1. The van der Waals surface area contributed by atoms with E-state index in [-0.39, 0.29) is 5.69 Å². The van der Waals surface area contributed by atoms with Crippen molar-refractivity contribution in [3.63, 3.8) is 0 Å². The fourth-order valence-corrected chi connectivity index (χ4v) is 1.94. The largest absolute Gasteiger partial charge is 0.381 e. The van der Waals surface area contributed by atoms with Crippen molar-refractivity contribution in [2.75, 3.05) is 5.32 Å². The zero-order chi connectivity index (χ0) is 14.0. The Hall–Kier alpha value is -1.68. The second-order valence-electron chi connectivity index (χ2n) is 4.18. The summed E-state index contributed by atoms with van der Waals surface area (Å²) in [6, 6.07) is 7.19. The minimum atomic E-state index is -1.46. The molecule has 1 nitrogen and oxygen atoms in total. The van der Waals surface area contributed by atoms with Gasteiger partial charge in [-0.15, -0.1) is 0 Å². The average molecular weight is 286 g/mol. The van der Waals surface area contributed by atoms with Crippen LogP contribution >= 0.6 is 11.6 Å². The monoisotopic (exact) mass is 285 g/mol. The standard InChI is InChI=1S/C14H11ClF3N/c1-8-4-10(15)3-2-9(8)7-19-11-5-12(16)14(18)13(17)6-11/h2-6,19H,7H2,1H3. The van der Waals surface area contributed by atoms with Crippen LogP contribution in [0.2, 0.25) is 5.02 Å². The highest BCUT2D eigenvalue weighted by atomic mass is 35.5. The molecule has 2 aromatic carbocycles. The molecule has 0 amide bonds. The van der Waals surface area contributed by atoms with Crippen LogP contribution in [-0.2, 0) is 6.54 Å². The van der Waals surface area contributed by atoms with Crippen LogP contribution in [0.15, 0.2) is 30.3 Å². The number of rotatable bonds is 3. The lowest BCUT2D eigenvalue weighted by Gasteiger charge is -2.10. The van der Waals surface area contributed by atoms with E-state index >= 15 is 0 Å². The molecule has 1 N–H and O–H groups in total. The van der Waals surface area contributed by atoms with Gasteiger partial charge >= 0.3 is 0 Å². The molecule has 0 unspecified atom stereocenters. The Morgan fingerprint density at radius 1 is 1.05 bits per heavy atom. The molecular formula is C14H11ClF3N. The molecule has 2 rings (SSSR count). The third-order valence-electron chi connectivity index (χ3n) is 2.77. The molecule has 100 valence electrons. The van der Waals surface area contributed by atoms with Gasteiger partial charge in [-0.1, -0.05) is 17.7 Å². The van der Waals surface area contributed by atoms with Gasteiger partial charge in [0.05, 0.1) is 0 Å². The van der Waals surface area contributed by atoms with E-state index < -0.39 is 17.5 Å². The number of aryl methyl sites for hydroxylation is 1. The number of halogens is 4. The lowest BCUT2D eigenvalue weighted by molar-refractivity contribution is 0.447. The van der Waals surface area contributed by atoms with E-state index in [1.54, 1.807) is 12.1 Å². The lowest BCUT2D eigenvalue weighted by Crippen LogP contribution is -2.03. The van der Waals surface area contributed by atoms with Crippen LogP contribution in [0, 0.1) is 24.4 Å². The molecule has 0 aliphatic carbocycles. The molecule has 0 aliphatic rings. The van der Waals surface area contributed by atoms with Gasteiger partial charge in [0, 0.05) is 29.4 Å². The van der Waals surface area contributed by atoms with E-state index in [4.69, 9.17) is 11.6 Å². The van der Waals surface area contributed by atoms with Gasteiger partial charge in [0.2, 0.25) is 0 Å². The summed E-state index contributed by atoms with van der Waals surface area (Å²) >= 11 is 5.83. The van der Waals surface area contributed by atoms with E-state index in [9.17, 15) is 13.2 Å². The van der Waals surface area contributed by atoms with Gasteiger partial charge in [-0.05, 0) is 30.2 Å². The van der Waals surface area contributed by atoms with Crippen LogP contribution in [0.1, 0.15) is 11.1 Å². The Morgan fingerprint density at radius 2 is 1.68 bits per heavy atom. The highest BCUT2D eigenvalue weighted by Gasteiger charge is 2.10. The maximum atomic E-state index is 13.0. The molecule has 0 radical (unpaired) electrons. The number of hydrogen-bond acceptors (Lipinski definition) is 1.